The topological polar surface area (TPSA) is 0 Å². The molecule has 0 nitrogen and oxygen atoms in total. The molecule has 0 amide bonds. The summed E-state index contributed by atoms with van der Waals surface area (Å²) in [6, 6.07) is 7.56. The number of hydrogen-bond donors (Lipinski definition) is 0. The molecule has 0 saturated carbocycles. The third-order valence-electron chi connectivity index (χ3n) is 3.24. The second kappa shape index (κ2) is 5.34. The zero-order valence-electron chi connectivity index (χ0n) is 13.6. The Morgan fingerprint density at radius 3 is 1.28 bits per heavy atom. The number of rotatable bonds is 4. The normalized spacial score (nSPS) is 12.9. The van der Waals surface area contributed by atoms with E-state index in [4.69, 9.17) is 0 Å². The number of benzene rings is 1. The molecule has 0 heterocycles. The Hall–Kier alpha value is -0.346. The highest BCUT2D eigenvalue weighted by molar-refractivity contribution is 6.76. The Morgan fingerprint density at radius 1 is 0.667 bits per heavy atom. The lowest BCUT2D eigenvalue weighted by Gasteiger charge is -2.22. The molecule has 102 valence electrons. The van der Waals surface area contributed by atoms with Gasteiger partial charge in [0, 0.05) is 16.1 Å². The summed E-state index contributed by atoms with van der Waals surface area (Å²) >= 11 is 0. The SMILES string of the molecule is Cc1cc(C)c(C[Si](C)(C)C)cc1C[Si](C)(C)C. The Morgan fingerprint density at radius 2 is 1.00 bits per heavy atom. The van der Waals surface area contributed by atoms with Gasteiger partial charge in [0.25, 0.3) is 0 Å². The standard InChI is InChI=1S/C16H30Si2/c1-13-9-14(2)16(12-18(6,7)8)10-15(13)11-17(3,4)5/h9-10H,11-12H2,1-8H3. The lowest BCUT2D eigenvalue weighted by Crippen LogP contribution is -2.26. The predicted molar refractivity (Wildman–Crippen MR) is 90.0 cm³/mol. The molecule has 0 atom stereocenters. The van der Waals surface area contributed by atoms with Crippen LogP contribution in [0.2, 0.25) is 39.3 Å². The molecule has 0 aromatic heterocycles. The third kappa shape index (κ3) is 5.11. The Bertz CT molecular complexity index is 383. The molecule has 0 aliphatic heterocycles. The van der Waals surface area contributed by atoms with Gasteiger partial charge in [-0.1, -0.05) is 51.4 Å². The molecule has 0 spiro atoms. The van der Waals surface area contributed by atoms with Crippen molar-refractivity contribution in [2.24, 2.45) is 0 Å². The molecular weight excluding hydrogens is 248 g/mol. The van der Waals surface area contributed by atoms with E-state index in [2.05, 4.69) is 65.3 Å². The van der Waals surface area contributed by atoms with Crippen LogP contribution in [-0.4, -0.2) is 16.1 Å². The van der Waals surface area contributed by atoms with Crippen LogP contribution in [0, 0.1) is 13.8 Å². The van der Waals surface area contributed by atoms with E-state index in [9.17, 15) is 0 Å². The van der Waals surface area contributed by atoms with Gasteiger partial charge < -0.3 is 0 Å². The largest absolute Gasteiger partial charge is 0.0693 e. The molecular formula is C16H30Si2. The molecule has 0 fully saturated rings. The highest BCUT2D eigenvalue weighted by Gasteiger charge is 2.19. The van der Waals surface area contributed by atoms with Crippen molar-refractivity contribution in [3.63, 3.8) is 0 Å². The van der Waals surface area contributed by atoms with Gasteiger partial charge in [0.2, 0.25) is 0 Å². The summed E-state index contributed by atoms with van der Waals surface area (Å²) in [5, 5.41) is 0. The first-order valence-electron chi connectivity index (χ1n) is 7.07. The summed E-state index contributed by atoms with van der Waals surface area (Å²) in [4.78, 5) is 0. The summed E-state index contributed by atoms with van der Waals surface area (Å²) in [5.74, 6) is 0. The highest BCUT2D eigenvalue weighted by atomic mass is 28.3. The molecule has 18 heavy (non-hydrogen) atoms. The lowest BCUT2D eigenvalue weighted by atomic mass is 10.0. The zero-order chi connectivity index (χ0) is 14.1. The van der Waals surface area contributed by atoms with E-state index in [1.165, 1.54) is 23.2 Å². The van der Waals surface area contributed by atoms with E-state index in [1.807, 2.05) is 0 Å². The molecule has 1 aromatic rings. The van der Waals surface area contributed by atoms with Crippen molar-refractivity contribution in [1.82, 2.24) is 0 Å². The van der Waals surface area contributed by atoms with Gasteiger partial charge in [0.15, 0.2) is 0 Å². The summed E-state index contributed by atoms with van der Waals surface area (Å²) in [7, 11) is -2.03. The van der Waals surface area contributed by atoms with E-state index >= 15 is 0 Å². The molecule has 0 aliphatic carbocycles. The molecule has 0 aliphatic rings. The van der Waals surface area contributed by atoms with E-state index in [-0.39, 0.29) is 0 Å². The first-order valence-corrected chi connectivity index (χ1v) is 14.5. The Kier molecular flexibility index (Phi) is 4.66. The molecule has 1 aromatic carbocycles. The van der Waals surface area contributed by atoms with Crippen molar-refractivity contribution in [1.29, 1.82) is 0 Å². The number of aryl methyl sites for hydroxylation is 2. The van der Waals surface area contributed by atoms with Crippen LogP contribution in [0.3, 0.4) is 0 Å². The summed E-state index contributed by atoms with van der Waals surface area (Å²) in [6.07, 6.45) is 0. The van der Waals surface area contributed by atoms with E-state index in [0.717, 1.165) is 0 Å². The van der Waals surface area contributed by atoms with Crippen LogP contribution in [0.5, 0.6) is 0 Å². The third-order valence-corrected chi connectivity index (χ3v) is 6.12. The molecule has 1 rings (SSSR count). The average molecular weight is 279 g/mol. The summed E-state index contributed by atoms with van der Waals surface area (Å²) in [6.45, 7) is 19.3. The van der Waals surface area contributed by atoms with E-state index in [1.54, 1.807) is 11.1 Å². The molecule has 0 N–H and O–H groups in total. The monoisotopic (exact) mass is 278 g/mol. The maximum atomic E-state index is 2.52. The molecule has 0 saturated heterocycles. The highest BCUT2D eigenvalue weighted by Crippen LogP contribution is 2.23. The van der Waals surface area contributed by atoms with Gasteiger partial charge in [-0.3, -0.25) is 0 Å². The van der Waals surface area contributed by atoms with Gasteiger partial charge in [0.05, 0.1) is 0 Å². The van der Waals surface area contributed by atoms with E-state index < -0.39 is 16.1 Å². The minimum atomic E-state index is -1.02. The molecule has 0 unspecified atom stereocenters. The molecule has 0 radical (unpaired) electrons. The fourth-order valence-electron chi connectivity index (χ4n) is 2.47. The van der Waals surface area contributed by atoms with Gasteiger partial charge in [0.1, 0.15) is 0 Å². The minimum absolute atomic E-state index is 1.02. The van der Waals surface area contributed by atoms with Crippen LogP contribution in [0.1, 0.15) is 22.3 Å². The van der Waals surface area contributed by atoms with Crippen LogP contribution < -0.4 is 0 Å². The maximum Gasteiger partial charge on any atom is 0.0487 e. The van der Waals surface area contributed by atoms with Gasteiger partial charge in [-0.15, -0.1) is 0 Å². The van der Waals surface area contributed by atoms with Crippen molar-refractivity contribution < 1.29 is 0 Å². The predicted octanol–water partition coefficient (Wildman–Crippen LogP) is 5.14. The minimum Gasteiger partial charge on any atom is -0.0693 e. The average Bonchev–Trinajstić information content (AvgIpc) is 2.08. The zero-order valence-corrected chi connectivity index (χ0v) is 15.6. The van der Waals surface area contributed by atoms with Gasteiger partial charge in [-0.2, -0.15) is 0 Å². The number of hydrogen-bond acceptors (Lipinski definition) is 0. The first-order chi connectivity index (χ1) is 7.98. The fraction of sp³-hybridized carbons (Fsp3) is 0.625. The molecule has 0 bridgehead atoms. The van der Waals surface area contributed by atoms with Crippen molar-refractivity contribution in [3.05, 3.63) is 34.4 Å². The van der Waals surface area contributed by atoms with Gasteiger partial charge in [-0.25, -0.2) is 0 Å². The van der Waals surface area contributed by atoms with Crippen molar-refractivity contribution >= 4 is 16.1 Å². The van der Waals surface area contributed by atoms with Crippen LogP contribution in [0.4, 0.5) is 0 Å². The molecule has 2 heteroatoms. The second-order valence-corrected chi connectivity index (χ2v) is 19.1. The van der Waals surface area contributed by atoms with E-state index in [0.29, 0.717) is 0 Å². The lowest BCUT2D eigenvalue weighted by molar-refractivity contribution is 1.16. The Balaban J connectivity index is 3.10. The van der Waals surface area contributed by atoms with Crippen LogP contribution in [-0.2, 0) is 12.1 Å². The first kappa shape index (κ1) is 15.7. The summed E-state index contributed by atoms with van der Waals surface area (Å²) in [5.41, 5.74) is 6.20. The fourth-order valence-corrected chi connectivity index (χ4v) is 5.52. The second-order valence-electron chi connectivity index (χ2n) is 8.18. The summed E-state index contributed by atoms with van der Waals surface area (Å²) < 4.78 is 0. The van der Waals surface area contributed by atoms with Crippen LogP contribution in [0.25, 0.3) is 0 Å². The van der Waals surface area contributed by atoms with Crippen molar-refractivity contribution in [3.8, 4) is 0 Å². The van der Waals surface area contributed by atoms with Crippen LogP contribution in [0.15, 0.2) is 12.1 Å². The Labute approximate surface area is 116 Å². The smallest absolute Gasteiger partial charge is 0.0487 e. The van der Waals surface area contributed by atoms with Crippen LogP contribution >= 0.6 is 0 Å². The maximum absolute atomic E-state index is 2.52. The van der Waals surface area contributed by atoms with Crippen molar-refractivity contribution in [2.45, 2.75) is 65.2 Å². The van der Waals surface area contributed by atoms with Gasteiger partial charge in [-0.05, 0) is 48.2 Å². The quantitative estimate of drug-likeness (QED) is 0.669. The van der Waals surface area contributed by atoms with Crippen molar-refractivity contribution in [2.75, 3.05) is 0 Å². The van der Waals surface area contributed by atoms with Gasteiger partial charge >= 0.3 is 0 Å².